The predicted octanol–water partition coefficient (Wildman–Crippen LogP) is 5.54. The summed E-state index contributed by atoms with van der Waals surface area (Å²) in [6.45, 7) is 10.2. The number of hydrogen-bond donors (Lipinski definition) is 1. The van der Waals surface area contributed by atoms with Gasteiger partial charge in [0, 0.05) is 42.6 Å². The molecule has 0 fully saturated rings. The van der Waals surface area contributed by atoms with Gasteiger partial charge in [0.1, 0.15) is 10.0 Å². The zero-order chi connectivity index (χ0) is 28.4. The first-order valence-corrected chi connectivity index (χ1v) is 15.7. The lowest BCUT2D eigenvalue weighted by Crippen LogP contribution is -2.33. The number of carbonyl (C=O) groups excluding carboxylic acids is 2. The first kappa shape index (κ1) is 27.9. The van der Waals surface area contributed by atoms with Crippen molar-refractivity contribution >= 4 is 59.7 Å². The van der Waals surface area contributed by atoms with Crippen LogP contribution in [-0.4, -0.2) is 54.1 Å². The number of benzene rings is 2. The summed E-state index contributed by atoms with van der Waals surface area (Å²) in [5.41, 5.74) is 3.20. The highest BCUT2D eigenvalue weighted by atomic mass is 32.2. The summed E-state index contributed by atoms with van der Waals surface area (Å²) < 4.78 is 28.4. The van der Waals surface area contributed by atoms with Crippen molar-refractivity contribution in [3.05, 3.63) is 89.8 Å². The van der Waals surface area contributed by atoms with Crippen molar-refractivity contribution in [3.63, 3.8) is 0 Å². The number of nitrogens with one attached hydrogen (secondary N) is 1. The molecule has 0 aliphatic carbocycles. The van der Waals surface area contributed by atoms with Crippen molar-refractivity contribution in [1.29, 1.82) is 0 Å². The highest BCUT2D eigenvalue weighted by molar-refractivity contribution is 7.89. The van der Waals surface area contributed by atoms with E-state index in [0.717, 1.165) is 31.2 Å². The molecule has 206 valence electrons. The topological polar surface area (TPSA) is 99.7 Å². The van der Waals surface area contributed by atoms with Crippen molar-refractivity contribution in [2.24, 2.45) is 0 Å². The maximum atomic E-state index is 13.4. The smallest absolute Gasteiger partial charge is 0.256 e. The molecule has 0 saturated heterocycles. The number of rotatable bonds is 9. The lowest BCUT2D eigenvalue weighted by molar-refractivity contribution is -0.129. The average Bonchev–Trinajstić information content (AvgIpc) is 3.53. The average molecular weight is 593 g/mol. The van der Waals surface area contributed by atoms with Crippen LogP contribution < -0.4 is 5.32 Å². The number of carbonyl (C=O) groups is 2. The van der Waals surface area contributed by atoms with Crippen LogP contribution in [0.2, 0.25) is 0 Å². The van der Waals surface area contributed by atoms with Gasteiger partial charge >= 0.3 is 0 Å². The van der Waals surface area contributed by atoms with E-state index in [9.17, 15) is 18.0 Å². The van der Waals surface area contributed by atoms with Gasteiger partial charge in [0.2, 0.25) is 15.9 Å². The number of amides is 2. The number of aromatic nitrogens is 1. The molecule has 1 aliphatic rings. The second kappa shape index (κ2) is 11.5. The molecule has 0 saturated carbocycles. The number of thiophene rings is 1. The Hall–Kier alpha value is -3.64. The van der Waals surface area contributed by atoms with E-state index in [1.165, 1.54) is 52.1 Å². The van der Waals surface area contributed by atoms with Gasteiger partial charge in [-0.05, 0) is 48.4 Å². The van der Waals surface area contributed by atoms with Crippen LogP contribution in [0.15, 0.2) is 78.7 Å². The van der Waals surface area contributed by atoms with Gasteiger partial charge in [-0.25, -0.2) is 13.4 Å². The fourth-order valence-corrected chi connectivity index (χ4v) is 8.38. The Balaban J connectivity index is 1.47. The summed E-state index contributed by atoms with van der Waals surface area (Å²) in [5, 5.41) is 4.53. The highest BCUT2D eigenvalue weighted by Gasteiger charge is 2.29. The lowest BCUT2D eigenvalue weighted by Gasteiger charge is -2.26. The molecule has 0 unspecified atom stereocenters. The number of hydrogen-bond acceptors (Lipinski definition) is 7. The van der Waals surface area contributed by atoms with Crippen LogP contribution in [0.25, 0.3) is 20.8 Å². The lowest BCUT2D eigenvalue weighted by atomic mass is 10.0. The fraction of sp³-hybridized carbons (Fsp3) is 0.207. The van der Waals surface area contributed by atoms with Crippen LogP contribution in [-0.2, 0) is 27.8 Å². The minimum atomic E-state index is -3.77. The summed E-state index contributed by atoms with van der Waals surface area (Å²) in [5.74, 6) is -0.344. The molecule has 0 atom stereocenters. The van der Waals surface area contributed by atoms with Crippen molar-refractivity contribution in [3.8, 4) is 10.6 Å². The molecule has 1 N–H and O–H groups in total. The third-order valence-electron chi connectivity index (χ3n) is 6.66. The van der Waals surface area contributed by atoms with E-state index in [4.69, 9.17) is 4.98 Å². The molecule has 3 heterocycles. The second-order valence-electron chi connectivity index (χ2n) is 9.26. The van der Waals surface area contributed by atoms with Crippen molar-refractivity contribution in [2.75, 3.05) is 25.0 Å². The van der Waals surface area contributed by atoms with E-state index < -0.39 is 10.0 Å². The molecule has 8 nitrogen and oxygen atoms in total. The molecule has 5 rings (SSSR count). The molecular formula is C29H28N4O4S3. The molecular weight excluding hydrogens is 565 g/mol. The number of thiazole rings is 1. The van der Waals surface area contributed by atoms with Crippen LogP contribution in [0.5, 0.6) is 0 Å². The Morgan fingerprint density at radius 2 is 1.77 bits per heavy atom. The number of anilines is 1. The molecule has 11 heteroatoms. The maximum Gasteiger partial charge on any atom is 0.256 e. The summed E-state index contributed by atoms with van der Waals surface area (Å²) in [6, 6.07) is 13.8. The first-order valence-electron chi connectivity index (χ1n) is 12.6. The van der Waals surface area contributed by atoms with E-state index in [0.29, 0.717) is 30.1 Å². The van der Waals surface area contributed by atoms with Crippen molar-refractivity contribution in [1.82, 2.24) is 14.2 Å². The van der Waals surface area contributed by atoms with E-state index in [2.05, 4.69) is 18.5 Å². The Labute approximate surface area is 241 Å². The molecule has 1 aliphatic heterocycles. The molecule has 2 aromatic carbocycles. The van der Waals surface area contributed by atoms with Gasteiger partial charge in [0.15, 0.2) is 0 Å². The molecule has 0 radical (unpaired) electrons. The SMILES string of the molecule is C=CCN(CC=C)S(=O)(=O)c1ccc(C(=O)Nc2sc3c(c2-c2nc4ccccc4s2)CCN(C(C)=O)C3)cc1. The zero-order valence-corrected chi connectivity index (χ0v) is 24.4. The van der Waals surface area contributed by atoms with Crippen molar-refractivity contribution in [2.45, 2.75) is 24.8 Å². The minimum absolute atomic E-state index is 0.0148. The molecule has 2 amide bonds. The zero-order valence-electron chi connectivity index (χ0n) is 21.9. The Morgan fingerprint density at radius 3 is 2.42 bits per heavy atom. The van der Waals surface area contributed by atoms with Gasteiger partial charge in [-0.2, -0.15) is 4.31 Å². The predicted molar refractivity (Wildman–Crippen MR) is 161 cm³/mol. The third kappa shape index (κ3) is 5.37. The van der Waals surface area contributed by atoms with Crippen molar-refractivity contribution < 1.29 is 18.0 Å². The van der Waals surface area contributed by atoms with Crippen LogP contribution in [0.1, 0.15) is 27.7 Å². The maximum absolute atomic E-state index is 13.4. The fourth-order valence-electron chi connectivity index (χ4n) is 4.63. The van der Waals surface area contributed by atoms with Gasteiger partial charge < -0.3 is 10.2 Å². The minimum Gasteiger partial charge on any atom is -0.337 e. The molecule has 2 aromatic heterocycles. The molecule has 40 heavy (non-hydrogen) atoms. The quantitative estimate of drug-likeness (QED) is 0.257. The number of para-hydroxylation sites is 1. The molecule has 4 aromatic rings. The van der Waals surface area contributed by atoms with Gasteiger partial charge in [-0.15, -0.1) is 35.8 Å². The summed E-state index contributed by atoms with van der Waals surface area (Å²) in [6.07, 6.45) is 3.70. The third-order valence-corrected chi connectivity index (χ3v) is 10.7. The van der Waals surface area contributed by atoms with Crippen LogP contribution >= 0.6 is 22.7 Å². The largest absolute Gasteiger partial charge is 0.337 e. The van der Waals surface area contributed by atoms with E-state index in [1.54, 1.807) is 23.2 Å². The van der Waals surface area contributed by atoms with Gasteiger partial charge in [0.05, 0.1) is 21.7 Å². The van der Waals surface area contributed by atoms with Gasteiger partial charge in [0.25, 0.3) is 5.91 Å². The van der Waals surface area contributed by atoms with E-state index in [-0.39, 0.29) is 29.8 Å². The highest BCUT2D eigenvalue weighted by Crippen LogP contribution is 2.45. The number of sulfonamides is 1. The summed E-state index contributed by atoms with van der Waals surface area (Å²) in [7, 11) is -3.77. The van der Waals surface area contributed by atoms with E-state index >= 15 is 0 Å². The Bertz CT molecular complexity index is 1680. The second-order valence-corrected chi connectivity index (χ2v) is 13.3. The molecule has 0 bridgehead atoms. The Kier molecular flexibility index (Phi) is 7.99. The number of fused-ring (bicyclic) bond motifs is 2. The Morgan fingerprint density at radius 1 is 1.07 bits per heavy atom. The first-order chi connectivity index (χ1) is 19.2. The monoisotopic (exact) mass is 592 g/mol. The van der Waals surface area contributed by atoms with Gasteiger partial charge in [-0.1, -0.05) is 24.3 Å². The van der Waals surface area contributed by atoms with Gasteiger partial charge in [-0.3, -0.25) is 9.59 Å². The standard InChI is InChI=1S/C29H28N4O4S3/c1-4-15-33(16-5-2)40(36,37)21-12-10-20(11-13-21)27(35)31-29-26(28-30-23-8-6-7-9-24(23)38-28)22-14-17-32(19(3)34)18-25(22)39-29/h4-13H,1-2,14-18H2,3H3,(H,31,35). The van der Waals surface area contributed by atoms with Crippen LogP contribution in [0, 0.1) is 0 Å². The van der Waals surface area contributed by atoms with E-state index in [1.807, 2.05) is 24.3 Å². The van der Waals surface area contributed by atoms with Crippen LogP contribution in [0.3, 0.4) is 0 Å². The summed E-state index contributed by atoms with van der Waals surface area (Å²) in [4.78, 5) is 33.2. The van der Waals surface area contributed by atoms with Crippen LogP contribution in [0.4, 0.5) is 5.00 Å². The summed E-state index contributed by atoms with van der Waals surface area (Å²) >= 11 is 3.02. The molecule has 0 spiro atoms. The normalized spacial score (nSPS) is 13.3. The number of nitrogens with zero attached hydrogens (tertiary/aromatic N) is 3.